The number of hydrogen-bond donors (Lipinski definition) is 2. The number of hydrogen-bond acceptors (Lipinski definition) is 4. The summed E-state index contributed by atoms with van der Waals surface area (Å²) in [4.78, 5) is 11.8. The van der Waals surface area contributed by atoms with Crippen LogP contribution >= 0.6 is 15.9 Å². The molecular formula is C17H18BrN3O2. The Kier molecular flexibility index (Phi) is 6.17. The van der Waals surface area contributed by atoms with Crippen LogP contribution in [-0.4, -0.2) is 25.8 Å². The van der Waals surface area contributed by atoms with Crippen molar-refractivity contribution in [2.24, 2.45) is 5.10 Å². The Bertz CT molecular complexity index is 717. The molecule has 120 valence electrons. The summed E-state index contributed by atoms with van der Waals surface area (Å²) in [6.07, 6.45) is 1.58. The molecule has 0 unspecified atom stereocenters. The molecule has 2 aromatic carbocycles. The number of para-hydroxylation sites is 1. The zero-order chi connectivity index (χ0) is 16.7. The minimum Gasteiger partial charge on any atom is -0.496 e. The van der Waals surface area contributed by atoms with Crippen molar-refractivity contribution in [3.8, 4) is 5.75 Å². The summed E-state index contributed by atoms with van der Waals surface area (Å²) in [6.45, 7) is 2.15. The fraction of sp³-hybridized carbons (Fsp3) is 0.176. The number of benzene rings is 2. The number of nitrogens with zero attached hydrogens (tertiary/aromatic N) is 1. The van der Waals surface area contributed by atoms with Crippen LogP contribution in [0.1, 0.15) is 11.1 Å². The molecule has 0 aliphatic carbocycles. The number of carbonyl (C=O) groups is 1. The molecule has 0 aromatic heterocycles. The van der Waals surface area contributed by atoms with Crippen molar-refractivity contribution in [2.45, 2.75) is 6.92 Å². The molecule has 0 spiro atoms. The Morgan fingerprint density at radius 1 is 1.30 bits per heavy atom. The van der Waals surface area contributed by atoms with Crippen LogP contribution in [0.15, 0.2) is 52.0 Å². The molecule has 0 fully saturated rings. The summed E-state index contributed by atoms with van der Waals surface area (Å²) in [6, 6.07) is 13.3. The van der Waals surface area contributed by atoms with E-state index in [2.05, 4.69) is 31.8 Å². The van der Waals surface area contributed by atoms with Gasteiger partial charge in [-0.05, 0) is 58.2 Å². The number of nitrogens with one attached hydrogen (secondary N) is 2. The minimum absolute atomic E-state index is 0.161. The zero-order valence-corrected chi connectivity index (χ0v) is 14.6. The minimum atomic E-state index is -0.211. The highest BCUT2D eigenvalue weighted by molar-refractivity contribution is 9.10. The summed E-state index contributed by atoms with van der Waals surface area (Å²) < 4.78 is 5.99. The molecule has 0 aliphatic heterocycles. The van der Waals surface area contributed by atoms with E-state index in [4.69, 9.17) is 4.74 Å². The van der Waals surface area contributed by atoms with Gasteiger partial charge in [0.15, 0.2) is 0 Å². The Balaban J connectivity index is 1.84. The van der Waals surface area contributed by atoms with Crippen molar-refractivity contribution in [3.63, 3.8) is 0 Å². The second-order valence-electron chi connectivity index (χ2n) is 4.86. The molecule has 0 radical (unpaired) electrons. The Labute approximate surface area is 143 Å². The van der Waals surface area contributed by atoms with Crippen LogP contribution in [0.25, 0.3) is 0 Å². The van der Waals surface area contributed by atoms with Gasteiger partial charge in [-0.25, -0.2) is 5.43 Å². The average molecular weight is 376 g/mol. The highest BCUT2D eigenvalue weighted by Gasteiger charge is 2.02. The normalized spacial score (nSPS) is 10.6. The second kappa shape index (κ2) is 8.33. The first-order valence-corrected chi connectivity index (χ1v) is 7.84. The number of ether oxygens (including phenoxy) is 1. The van der Waals surface area contributed by atoms with Crippen LogP contribution in [0.3, 0.4) is 0 Å². The third-order valence-corrected chi connectivity index (χ3v) is 3.78. The van der Waals surface area contributed by atoms with Gasteiger partial charge in [0.1, 0.15) is 5.75 Å². The highest BCUT2D eigenvalue weighted by atomic mass is 79.9. The summed E-state index contributed by atoms with van der Waals surface area (Å²) in [5, 5.41) is 7.02. The molecule has 2 rings (SSSR count). The highest BCUT2D eigenvalue weighted by Crippen LogP contribution is 2.24. The van der Waals surface area contributed by atoms with Crippen LogP contribution in [0.2, 0.25) is 0 Å². The van der Waals surface area contributed by atoms with Crippen LogP contribution in [0, 0.1) is 6.92 Å². The molecular weight excluding hydrogens is 358 g/mol. The lowest BCUT2D eigenvalue weighted by atomic mass is 10.2. The van der Waals surface area contributed by atoms with Gasteiger partial charge < -0.3 is 10.1 Å². The molecule has 1 amide bonds. The van der Waals surface area contributed by atoms with Crippen molar-refractivity contribution >= 4 is 33.7 Å². The molecule has 23 heavy (non-hydrogen) atoms. The molecule has 0 saturated carbocycles. The largest absolute Gasteiger partial charge is 0.496 e. The standard InChI is InChI=1S/C17H18BrN3O2/c1-12-5-3-4-6-15(12)19-11-17(22)21-20-10-13-7-8-16(23-2)14(18)9-13/h3-10,19H,11H2,1-2H3,(H,21,22)/b20-10-. The van der Waals surface area contributed by atoms with E-state index in [0.717, 1.165) is 27.0 Å². The van der Waals surface area contributed by atoms with E-state index in [9.17, 15) is 4.79 Å². The SMILES string of the molecule is COc1ccc(/C=N\NC(=O)CNc2ccccc2C)cc1Br. The van der Waals surface area contributed by atoms with Gasteiger partial charge in [0.25, 0.3) is 5.91 Å². The number of anilines is 1. The molecule has 2 N–H and O–H groups in total. The maximum absolute atomic E-state index is 11.8. The van der Waals surface area contributed by atoms with Crippen LogP contribution < -0.4 is 15.5 Å². The van der Waals surface area contributed by atoms with Crippen LogP contribution in [-0.2, 0) is 4.79 Å². The van der Waals surface area contributed by atoms with E-state index >= 15 is 0 Å². The topological polar surface area (TPSA) is 62.7 Å². The lowest BCUT2D eigenvalue weighted by Gasteiger charge is -2.07. The Hall–Kier alpha value is -2.34. The third-order valence-electron chi connectivity index (χ3n) is 3.16. The van der Waals surface area contributed by atoms with E-state index in [0.29, 0.717) is 0 Å². The summed E-state index contributed by atoms with van der Waals surface area (Å²) in [5.74, 6) is 0.533. The van der Waals surface area contributed by atoms with Crippen molar-refractivity contribution in [3.05, 3.63) is 58.1 Å². The molecule has 6 heteroatoms. The quantitative estimate of drug-likeness (QED) is 0.601. The molecule has 0 atom stereocenters. The van der Waals surface area contributed by atoms with E-state index in [1.54, 1.807) is 13.3 Å². The number of carbonyl (C=O) groups excluding carboxylic acids is 1. The van der Waals surface area contributed by atoms with Gasteiger partial charge in [0.2, 0.25) is 0 Å². The monoisotopic (exact) mass is 375 g/mol. The Morgan fingerprint density at radius 3 is 2.78 bits per heavy atom. The van der Waals surface area contributed by atoms with Crippen molar-refractivity contribution in [2.75, 3.05) is 19.0 Å². The fourth-order valence-electron chi connectivity index (χ4n) is 1.93. The third kappa shape index (κ3) is 5.10. The average Bonchev–Trinajstić information content (AvgIpc) is 2.54. The molecule has 2 aromatic rings. The van der Waals surface area contributed by atoms with Gasteiger partial charge in [0, 0.05) is 5.69 Å². The lowest BCUT2D eigenvalue weighted by molar-refractivity contribution is -0.119. The second-order valence-corrected chi connectivity index (χ2v) is 5.71. The van der Waals surface area contributed by atoms with Gasteiger partial charge in [-0.1, -0.05) is 18.2 Å². The maximum atomic E-state index is 11.8. The van der Waals surface area contributed by atoms with Gasteiger partial charge in [-0.2, -0.15) is 5.10 Å². The van der Waals surface area contributed by atoms with E-state index in [1.165, 1.54) is 0 Å². The molecule has 0 aliphatic rings. The summed E-state index contributed by atoms with van der Waals surface area (Å²) in [7, 11) is 1.61. The van der Waals surface area contributed by atoms with Crippen LogP contribution in [0.4, 0.5) is 5.69 Å². The summed E-state index contributed by atoms with van der Waals surface area (Å²) in [5.41, 5.74) is 5.37. The first-order valence-electron chi connectivity index (χ1n) is 7.05. The van der Waals surface area contributed by atoms with E-state index in [1.807, 2.05) is 49.4 Å². The predicted molar refractivity (Wildman–Crippen MR) is 96.1 cm³/mol. The van der Waals surface area contributed by atoms with Crippen molar-refractivity contribution < 1.29 is 9.53 Å². The van der Waals surface area contributed by atoms with E-state index in [-0.39, 0.29) is 12.5 Å². The molecule has 5 nitrogen and oxygen atoms in total. The van der Waals surface area contributed by atoms with Crippen LogP contribution in [0.5, 0.6) is 5.75 Å². The smallest absolute Gasteiger partial charge is 0.259 e. The zero-order valence-electron chi connectivity index (χ0n) is 13.0. The fourth-order valence-corrected chi connectivity index (χ4v) is 2.49. The first kappa shape index (κ1) is 17.0. The van der Waals surface area contributed by atoms with Gasteiger partial charge in [0.05, 0.1) is 24.3 Å². The summed E-state index contributed by atoms with van der Waals surface area (Å²) >= 11 is 3.40. The predicted octanol–water partition coefficient (Wildman–Crippen LogP) is 3.33. The van der Waals surface area contributed by atoms with Crippen molar-refractivity contribution in [1.29, 1.82) is 0 Å². The Morgan fingerprint density at radius 2 is 2.09 bits per heavy atom. The number of aryl methyl sites for hydroxylation is 1. The number of rotatable bonds is 6. The lowest BCUT2D eigenvalue weighted by Crippen LogP contribution is -2.26. The van der Waals surface area contributed by atoms with E-state index < -0.39 is 0 Å². The number of halogens is 1. The van der Waals surface area contributed by atoms with Gasteiger partial charge in [-0.15, -0.1) is 0 Å². The van der Waals surface area contributed by atoms with Gasteiger partial charge in [-0.3, -0.25) is 4.79 Å². The van der Waals surface area contributed by atoms with Gasteiger partial charge >= 0.3 is 0 Å². The maximum Gasteiger partial charge on any atom is 0.259 e. The molecule has 0 saturated heterocycles. The molecule has 0 bridgehead atoms. The number of methoxy groups -OCH3 is 1. The van der Waals surface area contributed by atoms with Crippen molar-refractivity contribution in [1.82, 2.24) is 5.43 Å². The first-order chi connectivity index (χ1) is 11.1. The molecule has 0 heterocycles. The number of amides is 1. The number of hydrazone groups is 1.